The second-order valence-electron chi connectivity index (χ2n) is 5.63. The molecule has 0 aliphatic heterocycles. The van der Waals surface area contributed by atoms with Crippen LogP contribution >= 0.6 is 0 Å². The molecular weight excluding hydrogens is 258 g/mol. The molecule has 1 aromatic rings. The first-order valence-corrected chi connectivity index (χ1v) is 8.45. The quantitative estimate of drug-likeness (QED) is 0.592. The highest BCUT2D eigenvalue weighted by Gasteiger charge is 2.39. The maximum atomic E-state index is 5.44. The van der Waals surface area contributed by atoms with E-state index in [4.69, 9.17) is 13.3 Å². The monoisotopic (exact) mass is 284 g/mol. The van der Waals surface area contributed by atoms with Crippen LogP contribution in [0, 0.1) is 0 Å². The number of nitrogens with zero attached hydrogens (tertiary/aromatic N) is 1. The predicted molar refractivity (Wildman–Crippen MR) is 76.9 cm³/mol. The Hall–Kier alpha value is -0.753. The second kappa shape index (κ2) is 6.61. The summed E-state index contributed by atoms with van der Waals surface area (Å²) in [6.07, 6.45) is 4.25. The molecule has 0 saturated heterocycles. The average Bonchev–Trinajstić information content (AvgIpc) is 2.40. The Labute approximate surface area is 117 Å². The Balaban J connectivity index is 2.78. The summed E-state index contributed by atoms with van der Waals surface area (Å²) >= 11 is 0. The fourth-order valence-corrected chi connectivity index (χ4v) is 3.57. The first-order valence-electron chi connectivity index (χ1n) is 6.52. The van der Waals surface area contributed by atoms with Crippen LogP contribution in [0.3, 0.4) is 0 Å². The minimum absolute atomic E-state index is 0.154. The van der Waals surface area contributed by atoms with Crippen molar-refractivity contribution < 1.29 is 17.8 Å². The van der Waals surface area contributed by atoms with Crippen molar-refractivity contribution in [1.82, 2.24) is 0 Å². The topological polar surface area (TPSA) is 31.6 Å². The molecule has 0 atom stereocenters. The molecule has 1 rings (SSSR count). The van der Waals surface area contributed by atoms with Crippen LogP contribution in [0.4, 0.5) is 0 Å². The molecule has 0 aromatic carbocycles. The third kappa shape index (κ3) is 4.38. The Morgan fingerprint density at radius 1 is 1.11 bits per heavy atom. The van der Waals surface area contributed by atoms with Crippen LogP contribution in [0.2, 0.25) is 6.04 Å². The number of hydrogen-bond donors (Lipinski definition) is 0. The van der Waals surface area contributed by atoms with Gasteiger partial charge in [0.15, 0.2) is 18.9 Å². The lowest BCUT2D eigenvalue weighted by atomic mass is 9.88. The van der Waals surface area contributed by atoms with E-state index in [0.717, 1.165) is 12.6 Å². The van der Waals surface area contributed by atoms with Crippen molar-refractivity contribution in [1.29, 1.82) is 0 Å². The highest BCUT2D eigenvalue weighted by Crippen LogP contribution is 2.20. The van der Waals surface area contributed by atoms with Gasteiger partial charge in [-0.1, -0.05) is 20.8 Å². The van der Waals surface area contributed by atoms with Crippen LogP contribution in [0.5, 0.6) is 0 Å². The molecule has 0 saturated carbocycles. The summed E-state index contributed by atoms with van der Waals surface area (Å²) in [6, 6.07) is 5.00. The highest BCUT2D eigenvalue weighted by molar-refractivity contribution is 6.60. The number of rotatable bonds is 6. The van der Waals surface area contributed by atoms with E-state index in [1.54, 1.807) is 21.3 Å². The van der Waals surface area contributed by atoms with Gasteiger partial charge in [-0.25, -0.2) is 4.57 Å². The van der Waals surface area contributed by atoms with Gasteiger partial charge in [-0.3, -0.25) is 0 Å². The van der Waals surface area contributed by atoms with Crippen LogP contribution in [-0.2, 0) is 25.2 Å². The largest absolute Gasteiger partial charge is 0.506 e. The summed E-state index contributed by atoms with van der Waals surface area (Å²) in [7, 11) is 2.46. The van der Waals surface area contributed by atoms with E-state index >= 15 is 0 Å². The van der Waals surface area contributed by atoms with E-state index in [1.807, 2.05) is 0 Å². The van der Waals surface area contributed by atoms with Gasteiger partial charge >= 0.3 is 8.80 Å². The maximum absolute atomic E-state index is 5.44. The molecule has 19 heavy (non-hydrogen) atoms. The van der Waals surface area contributed by atoms with Gasteiger partial charge in [0, 0.05) is 33.0 Å². The van der Waals surface area contributed by atoms with E-state index in [9.17, 15) is 0 Å². The van der Waals surface area contributed by atoms with Crippen molar-refractivity contribution in [3.05, 3.63) is 30.1 Å². The van der Waals surface area contributed by atoms with Gasteiger partial charge in [0.05, 0.1) is 6.04 Å². The molecule has 5 heteroatoms. The number of aromatic nitrogens is 1. The normalized spacial score (nSPS) is 12.7. The molecule has 0 amide bonds. The van der Waals surface area contributed by atoms with Crippen molar-refractivity contribution in [3.63, 3.8) is 0 Å². The first-order chi connectivity index (χ1) is 8.87. The first kappa shape index (κ1) is 16.3. The zero-order valence-corrected chi connectivity index (χ0v) is 13.9. The molecule has 1 heterocycles. The SMILES string of the molecule is CO[Si](CC[n+]1cccc(C(C)(C)C)c1)(OC)OC. The third-order valence-electron chi connectivity index (χ3n) is 3.33. The molecule has 0 spiro atoms. The van der Waals surface area contributed by atoms with E-state index < -0.39 is 8.80 Å². The van der Waals surface area contributed by atoms with Crippen LogP contribution in [0.15, 0.2) is 24.5 Å². The van der Waals surface area contributed by atoms with Crippen molar-refractivity contribution in [3.8, 4) is 0 Å². The van der Waals surface area contributed by atoms with Crippen LogP contribution in [0.25, 0.3) is 0 Å². The van der Waals surface area contributed by atoms with E-state index in [0.29, 0.717) is 0 Å². The molecule has 0 bridgehead atoms. The Bertz CT molecular complexity index is 392. The molecule has 4 nitrogen and oxygen atoms in total. The summed E-state index contributed by atoms with van der Waals surface area (Å²) in [5, 5.41) is 0. The Morgan fingerprint density at radius 3 is 2.16 bits per heavy atom. The molecule has 0 unspecified atom stereocenters. The van der Waals surface area contributed by atoms with Gasteiger partial charge < -0.3 is 13.3 Å². The molecule has 108 valence electrons. The van der Waals surface area contributed by atoms with E-state index in [2.05, 4.69) is 49.9 Å². The van der Waals surface area contributed by atoms with Crippen molar-refractivity contribution >= 4 is 8.80 Å². The maximum Gasteiger partial charge on any atom is 0.506 e. The molecule has 0 fully saturated rings. The fraction of sp³-hybridized carbons (Fsp3) is 0.643. The number of hydrogen-bond acceptors (Lipinski definition) is 3. The van der Waals surface area contributed by atoms with E-state index in [-0.39, 0.29) is 5.41 Å². The van der Waals surface area contributed by atoms with Crippen LogP contribution in [-0.4, -0.2) is 30.1 Å². The summed E-state index contributed by atoms with van der Waals surface area (Å²) in [4.78, 5) is 0. The highest BCUT2D eigenvalue weighted by atomic mass is 28.4. The van der Waals surface area contributed by atoms with Gasteiger partial charge in [0.1, 0.15) is 0 Å². The minimum atomic E-state index is -2.48. The van der Waals surface area contributed by atoms with Gasteiger partial charge in [-0.2, -0.15) is 0 Å². The number of aryl methyl sites for hydroxylation is 1. The summed E-state index contributed by atoms with van der Waals surface area (Å²) < 4.78 is 18.5. The zero-order chi connectivity index (χ0) is 14.5. The minimum Gasteiger partial charge on any atom is -0.377 e. The molecule has 0 N–H and O–H groups in total. The van der Waals surface area contributed by atoms with Gasteiger partial charge in [-0.15, -0.1) is 0 Å². The Kier molecular flexibility index (Phi) is 5.67. The Morgan fingerprint density at radius 2 is 1.68 bits per heavy atom. The van der Waals surface area contributed by atoms with Crippen molar-refractivity contribution in [2.24, 2.45) is 0 Å². The summed E-state index contributed by atoms with van der Waals surface area (Å²) in [5.74, 6) is 0. The molecule has 0 aliphatic rings. The van der Waals surface area contributed by atoms with Crippen LogP contribution in [0.1, 0.15) is 26.3 Å². The van der Waals surface area contributed by atoms with Gasteiger partial charge in [0.25, 0.3) is 0 Å². The number of pyridine rings is 1. The van der Waals surface area contributed by atoms with Crippen molar-refractivity contribution in [2.75, 3.05) is 21.3 Å². The molecule has 0 aliphatic carbocycles. The lowest BCUT2D eigenvalue weighted by Crippen LogP contribution is -2.47. The molecule has 1 aromatic heterocycles. The molecular formula is C14H26NO3Si+. The summed E-state index contributed by atoms with van der Waals surface area (Å²) in [6.45, 7) is 7.47. The van der Waals surface area contributed by atoms with E-state index in [1.165, 1.54) is 5.56 Å². The average molecular weight is 284 g/mol. The zero-order valence-electron chi connectivity index (χ0n) is 12.9. The predicted octanol–water partition coefficient (Wildman–Crippen LogP) is 2.15. The summed E-state index contributed by atoms with van der Waals surface area (Å²) in [5.41, 5.74) is 1.47. The van der Waals surface area contributed by atoms with Crippen molar-refractivity contribution in [2.45, 2.75) is 38.8 Å². The lowest BCUT2D eigenvalue weighted by molar-refractivity contribution is -0.694. The lowest BCUT2D eigenvalue weighted by Gasteiger charge is -2.23. The van der Waals surface area contributed by atoms with Crippen LogP contribution < -0.4 is 4.57 Å². The fourth-order valence-electron chi connectivity index (χ4n) is 1.93. The van der Waals surface area contributed by atoms with Gasteiger partial charge in [-0.05, 0) is 11.5 Å². The molecule has 0 radical (unpaired) electrons. The third-order valence-corrected chi connectivity index (χ3v) is 6.04. The van der Waals surface area contributed by atoms with Gasteiger partial charge in [0.2, 0.25) is 0 Å². The standard InChI is InChI=1S/C14H26NO3Si/c1-14(2,3)13-8-7-9-15(12-13)10-11-19(16-4,17-5)18-6/h7-9,12H,10-11H2,1-6H3/q+1. The smallest absolute Gasteiger partial charge is 0.377 e. The second-order valence-corrected chi connectivity index (χ2v) is 8.72.